The Hall–Kier alpha value is -2.14. The fourth-order valence-electron chi connectivity index (χ4n) is 1.87. The molecular formula is C15H13N3OS. The number of carbonyl (C=O) groups is 1. The number of hydrogen-bond acceptors (Lipinski definition) is 4. The number of ketones is 1. The molecule has 0 aliphatic carbocycles. The van der Waals surface area contributed by atoms with Crippen molar-refractivity contribution in [2.24, 2.45) is 0 Å². The number of nitrogens with zero attached hydrogens (tertiary/aromatic N) is 3. The maximum absolute atomic E-state index is 12.1. The molecule has 0 amide bonds. The summed E-state index contributed by atoms with van der Waals surface area (Å²) in [5, 5.41) is 8.90. The van der Waals surface area contributed by atoms with Crippen LogP contribution in [-0.2, 0) is 0 Å². The number of pyridine rings is 1. The Balaban J connectivity index is 1.73. The van der Waals surface area contributed by atoms with E-state index in [2.05, 4.69) is 10.2 Å². The lowest BCUT2D eigenvalue weighted by Gasteiger charge is -2.01. The molecule has 2 heterocycles. The lowest BCUT2D eigenvalue weighted by molar-refractivity contribution is 0.102. The van der Waals surface area contributed by atoms with E-state index in [1.807, 2.05) is 60.0 Å². The van der Waals surface area contributed by atoms with Crippen molar-refractivity contribution in [3.63, 3.8) is 0 Å². The highest BCUT2D eigenvalue weighted by molar-refractivity contribution is 7.99. The summed E-state index contributed by atoms with van der Waals surface area (Å²) >= 11 is 1.40. The van der Waals surface area contributed by atoms with Crippen molar-refractivity contribution >= 4 is 23.2 Å². The lowest BCUT2D eigenvalue weighted by atomic mass is 10.1. The Morgan fingerprint density at radius 3 is 2.75 bits per heavy atom. The van der Waals surface area contributed by atoms with Gasteiger partial charge in [0.2, 0.25) is 0 Å². The van der Waals surface area contributed by atoms with Gasteiger partial charge < -0.3 is 0 Å². The SMILES string of the molecule is Cc1ccc(C(=O)CSc2nnc3ccccn23)cc1. The number of aryl methyl sites for hydroxylation is 1. The Morgan fingerprint density at radius 2 is 1.95 bits per heavy atom. The van der Waals surface area contributed by atoms with E-state index in [1.54, 1.807) is 0 Å². The molecule has 0 fully saturated rings. The standard InChI is InChI=1S/C15H13N3OS/c1-11-5-7-12(8-6-11)13(19)10-20-15-17-16-14-4-2-3-9-18(14)15/h2-9H,10H2,1H3. The third-order valence-corrected chi connectivity index (χ3v) is 3.93. The van der Waals surface area contributed by atoms with Crippen molar-refractivity contribution in [2.75, 3.05) is 5.75 Å². The molecular weight excluding hydrogens is 270 g/mol. The molecule has 0 aliphatic rings. The van der Waals surface area contributed by atoms with Crippen molar-refractivity contribution in [1.29, 1.82) is 0 Å². The third kappa shape index (κ3) is 2.58. The molecule has 5 heteroatoms. The topological polar surface area (TPSA) is 47.3 Å². The Kier molecular flexibility index (Phi) is 3.52. The van der Waals surface area contributed by atoms with Gasteiger partial charge in [-0.25, -0.2) is 0 Å². The molecule has 20 heavy (non-hydrogen) atoms. The van der Waals surface area contributed by atoms with E-state index in [1.165, 1.54) is 11.8 Å². The monoisotopic (exact) mass is 283 g/mol. The summed E-state index contributed by atoms with van der Waals surface area (Å²) in [6.45, 7) is 2.01. The van der Waals surface area contributed by atoms with Gasteiger partial charge in [0.1, 0.15) is 0 Å². The highest BCUT2D eigenvalue weighted by Crippen LogP contribution is 2.18. The first-order chi connectivity index (χ1) is 9.74. The Labute approximate surface area is 120 Å². The smallest absolute Gasteiger partial charge is 0.196 e. The number of aromatic nitrogens is 3. The van der Waals surface area contributed by atoms with Gasteiger partial charge in [-0.3, -0.25) is 9.20 Å². The van der Waals surface area contributed by atoms with Crippen LogP contribution < -0.4 is 0 Å². The molecule has 0 bridgehead atoms. The number of benzene rings is 1. The quantitative estimate of drug-likeness (QED) is 0.545. The maximum atomic E-state index is 12.1. The molecule has 0 radical (unpaired) electrons. The van der Waals surface area contributed by atoms with Crippen LogP contribution in [0, 0.1) is 6.92 Å². The molecule has 100 valence electrons. The zero-order chi connectivity index (χ0) is 13.9. The van der Waals surface area contributed by atoms with Crippen molar-refractivity contribution < 1.29 is 4.79 Å². The number of hydrogen-bond donors (Lipinski definition) is 0. The van der Waals surface area contributed by atoms with E-state index in [0.29, 0.717) is 5.75 Å². The lowest BCUT2D eigenvalue weighted by Crippen LogP contribution is -2.03. The molecule has 0 unspecified atom stereocenters. The molecule has 0 aliphatic heterocycles. The van der Waals surface area contributed by atoms with E-state index < -0.39 is 0 Å². The van der Waals surface area contributed by atoms with E-state index >= 15 is 0 Å². The number of thioether (sulfide) groups is 1. The van der Waals surface area contributed by atoms with Crippen LogP contribution >= 0.6 is 11.8 Å². The average molecular weight is 283 g/mol. The second-order valence-electron chi connectivity index (χ2n) is 4.49. The van der Waals surface area contributed by atoms with Crippen LogP contribution in [0.25, 0.3) is 5.65 Å². The predicted octanol–water partition coefficient (Wildman–Crippen LogP) is 3.01. The second-order valence-corrected chi connectivity index (χ2v) is 5.43. The van der Waals surface area contributed by atoms with Crippen LogP contribution in [0.1, 0.15) is 15.9 Å². The van der Waals surface area contributed by atoms with Crippen LogP contribution in [0.2, 0.25) is 0 Å². The second kappa shape index (κ2) is 5.46. The van der Waals surface area contributed by atoms with Gasteiger partial charge in [0, 0.05) is 11.8 Å². The fourth-order valence-corrected chi connectivity index (χ4v) is 2.69. The van der Waals surface area contributed by atoms with Gasteiger partial charge >= 0.3 is 0 Å². The average Bonchev–Trinajstić information content (AvgIpc) is 2.89. The molecule has 3 rings (SSSR count). The number of Topliss-reactive ketones (excluding diaryl/α,β-unsaturated/α-hetero) is 1. The van der Waals surface area contributed by atoms with Crippen molar-refractivity contribution in [1.82, 2.24) is 14.6 Å². The maximum Gasteiger partial charge on any atom is 0.196 e. The van der Waals surface area contributed by atoms with Crippen LogP contribution in [0.15, 0.2) is 53.8 Å². The van der Waals surface area contributed by atoms with Crippen molar-refractivity contribution in [2.45, 2.75) is 12.1 Å². The van der Waals surface area contributed by atoms with Crippen molar-refractivity contribution in [3.8, 4) is 0 Å². The zero-order valence-electron chi connectivity index (χ0n) is 11.0. The summed E-state index contributed by atoms with van der Waals surface area (Å²) in [5.74, 6) is 0.460. The molecule has 0 saturated carbocycles. The normalized spacial score (nSPS) is 10.8. The highest BCUT2D eigenvalue weighted by Gasteiger charge is 2.10. The van der Waals surface area contributed by atoms with Gasteiger partial charge in [0.25, 0.3) is 0 Å². The van der Waals surface area contributed by atoms with Gasteiger partial charge in [-0.1, -0.05) is 47.7 Å². The van der Waals surface area contributed by atoms with Crippen LogP contribution in [0.5, 0.6) is 0 Å². The predicted molar refractivity (Wildman–Crippen MR) is 79.2 cm³/mol. The summed E-state index contributed by atoms with van der Waals surface area (Å²) in [4.78, 5) is 12.1. The molecule has 3 aromatic rings. The van der Waals surface area contributed by atoms with Crippen LogP contribution in [0.4, 0.5) is 0 Å². The summed E-state index contributed by atoms with van der Waals surface area (Å²) in [6.07, 6.45) is 1.90. The van der Waals surface area contributed by atoms with E-state index in [4.69, 9.17) is 0 Å². The summed E-state index contributed by atoms with van der Waals surface area (Å²) < 4.78 is 1.88. The van der Waals surface area contributed by atoms with Gasteiger partial charge in [-0.15, -0.1) is 10.2 Å². The largest absolute Gasteiger partial charge is 0.293 e. The first-order valence-electron chi connectivity index (χ1n) is 6.26. The van der Waals surface area contributed by atoms with Gasteiger partial charge in [-0.05, 0) is 19.1 Å². The number of carbonyl (C=O) groups excluding carboxylic acids is 1. The molecule has 0 atom stereocenters. The van der Waals surface area contributed by atoms with Crippen LogP contribution in [0.3, 0.4) is 0 Å². The molecule has 2 aromatic heterocycles. The summed E-state index contributed by atoms with van der Waals surface area (Å²) in [5.41, 5.74) is 2.67. The fraction of sp³-hybridized carbons (Fsp3) is 0.133. The molecule has 1 aromatic carbocycles. The van der Waals surface area contributed by atoms with Crippen molar-refractivity contribution in [3.05, 3.63) is 59.8 Å². The van der Waals surface area contributed by atoms with Gasteiger partial charge in [0.15, 0.2) is 16.6 Å². The minimum atomic E-state index is 0.0997. The summed E-state index contributed by atoms with van der Waals surface area (Å²) in [7, 11) is 0. The molecule has 0 saturated heterocycles. The molecule has 4 nitrogen and oxygen atoms in total. The van der Waals surface area contributed by atoms with E-state index in [9.17, 15) is 4.79 Å². The Morgan fingerprint density at radius 1 is 1.15 bits per heavy atom. The number of fused-ring (bicyclic) bond motifs is 1. The van der Waals surface area contributed by atoms with Gasteiger partial charge in [0.05, 0.1) is 5.75 Å². The summed E-state index contributed by atoms with van der Waals surface area (Å²) in [6, 6.07) is 13.3. The number of rotatable bonds is 4. The van der Waals surface area contributed by atoms with Gasteiger partial charge in [-0.2, -0.15) is 0 Å². The third-order valence-electron chi connectivity index (χ3n) is 2.99. The minimum Gasteiger partial charge on any atom is -0.293 e. The minimum absolute atomic E-state index is 0.0997. The highest BCUT2D eigenvalue weighted by atomic mass is 32.2. The zero-order valence-corrected chi connectivity index (χ0v) is 11.8. The first kappa shape index (κ1) is 12.9. The van der Waals surface area contributed by atoms with E-state index in [-0.39, 0.29) is 5.78 Å². The first-order valence-corrected chi connectivity index (χ1v) is 7.25. The molecule has 0 N–H and O–H groups in total. The van der Waals surface area contributed by atoms with E-state index in [0.717, 1.165) is 21.9 Å². The Bertz CT molecular complexity index is 749. The molecule has 0 spiro atoms. The van der Waals surface area contributed by atoms with Crippen LogP contribution in [-0.4, -0.2) is 26.1 Å².